The molecule has 1 atom stereocenters. The van der Waals surface area contributed by atoms with E-state index in [9.17, 15) is 0 Å². The molecular formula is C5H12BrNO. The van der Waals surface area contributed by atoms with Crippen molar-refractivity contribution >= 4 is 17.0 Å². The van der Waals surface area contributed by atoms with E-state index in [-0.39, 0.29) is 23.2 Å². The summed E-state index contributed by atoms with van der Waals surface area (Å²) in [5.41, 5.74) is 0. The van der Waals surface area contributed by atoms with Crippen LogP contribution in [0.4, 0.5) is 0 Å². The minimum Gasteiger partial charge on any atom is -0.379 e. The van der Waals surface area contributed by atoms with Crippen LogP contribution >= 0.6 is 17.0 Å². The van der Waals surface area contributed by atoms with Crippen LogP contribution in [0.15, 0.2) is 0 Å². The Bertz CT molecular complexity index is 63.4. The molecule has 2 nitrogen and oxygen atoms in total. The van der Waals surface area contributed by atoms with Gasteiger partial charge in [-0.15, -0.1) is 17.0 Å². The largest absolute Gasteiger partial charge is 0.379 e. The molecule has 1 aliphatic rings. The van der Waals surface area contributed by atoms with Crippen molar-refractivity contribution in [3.05, 3.63) is 0 Å². The van der Waals surface area contributed by atoms with E-state index in [1.165, 1.54) is 12.8 Å². The highest BCUT2D eigenvalue weighted by atomic mass is 79.9. The standard InChI is InChI=1S/C5H11NO.BrH/c1-4(7)6-5-2-3-5;/h4-7H,2-3H2,1H3;1H. The molecule has 0 heterocycles. The van der Waals surface area contributed by atoms with Gasteiger partial charge in [-0.25, -0.2) is 0 Å². The maximum Gasteiger partial charge on any atom is 0.102 e. The third-order valence-electron chi connectivity index (χ3n) is 1.05. The Balaban J connectivity index is 0.000000490. The van der Waals surface area contributed by atoms with Crippen molar-refractivity contribution in [2.45, 2.75) is 32.0 Å². The smallest absolute Gasteiger partial charge is 0.102 e. The Kier molecular flexibility index (Phi) is 3.60. The lowest BCUT2D eigenvalue weighted by Gasteiger charge is -2.02. The third kappa shape index (κ3) is 3.41. The molecule has 1 rings (SSSR count). The average molecular weight is 182 g/mol. The Labute approximate surface area is 60.0 Å². The summed E-state index contributed by atoms with van der Waals surface area (Å²) < 4.78 is 0. The first-order valence-corrected chi connectivity index (χ1v) is 2.73. The van der Waals surface area contributed by atoms with E-state index in [0.29, 0.717) is 6.04 Å². The van der Waals surface area contributed by atoms with Crippen LogP contribution in [0.2, 0.25) is 0 Å². The van der Waals surface area contributed by atoms with Crippen molar-refractivity contribution in [2.75, 3.05) is 0 Å². The molecule has 0 aromatic rings. The van der Waals surface area contributed by atoms with Crippen LogP contribution in [0, 0.1) is 0 Å². The Morgan fingerprint density at radius 3 is 2.25 bits per heavy atom. The monoisotopic (exact) mass is 181 g/mol. The molecule has 0 saturated heterocycles. The summed E-state index contributed by atoms with van der Waals surface area (Å²) in [5.74, 6) is 0. The molecule has 0 aliphatic heterocycles. The summed E-state index contributed by atoms with van der Waals surface area (Å²) in [5, 5.41) is 11.6. The molecule has 0 aromatic heterocycles. The topological polar surface area (TPSA) is 32.3 Å². The maximum absolute atomic E-state index is 8.65. The predicted octanol–water partition coefficient (Wildman–Crippen LogP) is 0.655. The summed E-state index contributed by atoms with van der Waals surface area (Å²) in [6, 6.07) is 0.625. The SMILES string of the molecule is Br.CC(O)NC1CC1. The van der Waals surface area contributed by atoms with Crippen molar-refractivity contribution in [1.29, 1.82) is 0 Å². The maximum atomic E-state index is 8.65. The van der Waals surface area contributed by atoms with Gasteiger partial charge in [0.1, 0.15) is 6.23 Å². The summed E-state index contributed by atoms with van der Waals surface area (Å²) in [7, 11) is 0. The van der Waals surface area contributed by atoms with Crippen LogP contribution in [-0.2, 0) is 0 Å². The number of hydrogen-bond donors (Lipinski definition) is 2. The lowest BCUT2D eigenvalue weighted by atomic mass is 10.6. The number of aliphatic hydroxyl groups excluding tert-OH is 1. The summed E-state index contributed by atoms with van der Waals surface area (Å²) in [6.45, 7) is 1.75. The Hall–Kier alpha value is 0.400. The molecule has 2 N–H and O–H groups in total. The van der Waals surface area contributed by atoms with Crippen LogP contribution in [-0.4, -0.2) is 17.4 Å². The molecule has 1 aliphatic carbocycles. The average Bonchev–Trinajstić information content (AvgIpc) is 2.17. The van der Waals surface area contributed by atoms with Crippen molar-refractivity contribution < 1.29 is 5.11 Å². The van der Waals surface area contributed by atoms with E-state index in [4.69, 9.17) is 5.11 Å². The molecule has 0 aromatic carbocycles. The molecule has 50 valence electrons. The van der Waals surface area contributed by atoms with Gasteiger partial charge in [0.2, 0.25) is 0 Å². The second-order valence-corrected chi connectivity index (χ2v) is 2.12. The van der Waals surface area contributed by atoms with E-state index in [0.717, 1.165) is 0 Å². The molecule has 1 fully saturated rings. The molecule has 0 amide bonds. The van der Waals surface area contributed by atoms with Crippen molar-refractivity contribution in [3.63, 3.8) is 0 Å². The highest BCUT2D eigenvalue weighted by Crippen LogP contribution is 2.18. The fourth-order valence-corrected chi connectivity index (χ4v) is 0.591. The van der Waals surface area contributed by atoms with Gasteiger partial charge in [-0.2, -0.15) is 0 Å². The van der Waals surface area contributed by atoms with Crippen LogP contribution in [0.25, 0.3) is 0 Å². The highest BCUT2D eigenvalue weighted by molar-refractivity contribution is 8.93. The number of aliphatic hydroxyl groups is 1. The van der Waals surface area contributed by atoms with Gasteiger partial charge in [0.15, 0.2) is 0 Å². The van der Waals surface area contributed by atoms with Gasteiger partial charge < -0.3 is 5.11 Å². The van der Waals surface area contributed by atoms with Gasteiger partial charge >= 0.3 is 0 Å². The molecule has 1 unspecified atom stereocenters. The normalized spacial score (nSPS) is 21.8. The van der Waals surface area contributed by atoms with Crippen molar-refractivity contribution in [1.82, 2.24) is 5.32 Å². The number of halogens is 1. The van der Waals surface area contributed by atoms with Gasteiger partial charge in [0, 0.05) is 6.04 Å². The number of nitrogens with one attached hydrogen (secondary N) is 1. The lowest BCUT2D eigenvalue weighted by molar-refractivity contribution is 0.154. The van der Waals surface area contributed by atoms with Gasteiger partial charge in [-0.3, -0.25) is 5.32 Å². The molecule has 8 heavy (non-hydrogen) atoms. The van der Waals surface area contributed by atoms with Gasteiger partial charge in [-0.05, 0) is 19.8 Å². The van der Waals surface area contributed by atoms with Crippen molar-refractivity contribution in [3.8, 4) is 0 Å². The third-order valence-corrected chi connectivity index (χ3v) is 1.05. The predicted molar refractivity (Wildman–Crippen MR) is 38.2 cm³/mol. The second kappa shape index (κ2) is 3.43. The fraction of sp³-hybridized carbons (Fsp3) is 1.00. The van der Waals surface area contributed by atoms with Gasteiger partial charge in [0.25, 0.3) is 0 Å². The zero-order valence-corrected chi connectivity index (χ0v) is 6.64. The second-order valence-electron chi connectivity index (χ2n) is 2.12. The Morgan fingerprint density at radius 1 is 1.62 bits per heavy atom. The zero-order valence-electron chi connectivity index (χ0n) is 4.92. The van der Waals surface area contributed by atoms with Gasteiger partial charge in [-0.1, -0.05) is 0 Å². The number of hydrogen-bond acceptors (Lipinski definition) is 2. The number of rotatable bonds is 2. The van der Waals surface area contributed by atoms with E-state index < -0.39 is 0 Å². The molecule has 0 bridgehead atoms. The summed E-state index contributed by atoms with van der Waals surface area (Å²) in [6.07, 6.45) is 2.17. The molecule has 3 heteroatoms. The van der Waals surface area contributed by atoms with E-state index >= 15 is 0 Å². The first-order valence-electron chi connectivity index (χ1n) is 2.73. The van der Waals surface area contributed by atoms with Gasteiger partial charge in [0.05, 0.1) is 0 Å². The first kappa shape index (κ1) is 8.40. The molecule has 1 saturated carbocycles. The van der Waals surface area contributed by atoms with E-state index in [1.54, 1.807) is 6.92 Å². The van der Waals surface area contributed by atoms with Crippen LogP contribution in [0.3, 0.4) is 0 Å². The molecular weight excluding hydrogens is 170 g/mol. The molecule has 0 spiro atoms. The summed E-state index contributed by atoms with van der Waals surface area (Å²) >= 11 is 0. The zero-order chi connectivity index (χ0) is 5.28. The quantitative estimate of drug-likeness (QED) is 0.614. The van der Waals surface area contributed by atoms with Crippen LogP contribution in [0.1, 0.15) is 19.8 Å². The lowest BCUT2D eigenvalue weighted by Crippen LogP contribution is -2.26. The Morgan fingerprint density at radius 2 is 2.12 bits per heavy atom. The minimum atomic E-state index is -0.313. The van der Waals surface area contributed by atoms with E-state index in [1.807, 2.05) is 0 Å². The van der Waals surface area contributed by atoms with Crippen LogP contribution in [0.5, 0.6) is 0 Å². The first-order chi connectivity index (χ1) is 3.29. The van der Waals surface area contributed by atoms with E-state index in [2.05, 4.69) is 5.32 Å². The van der Waals surface area contributed by atoms with Crippen LogP contribution < -0.4 is 5.32 Å². The molecule has 0 radical (unpaired) electrons. The fourth-order valence-electron chi connectivity index (χ4n) is 0.591. The summed E-state index contributed by atoms with van der Waals surface area (Å²) in [4.78, 5) is 0. The minimum absolute atomic E-state index is 0. The highest BCUT2D eigenvalue weighted by Gasteiger charge is 2.21. The van der Waals surface area contributed by atoms with Crippen molar-refractivity contribution in [2.24, 2.45) is 0 Å².